The Hall–Kier alpha value is -1.12. The second-order valence-corrected chi connectivity index (χ2v) is 6.50. The summed E-state index contributed by atoms with van der Waals surface area (Å²) in [6.07, 6.45) is 17.0. The quantitative estimate of drug-likeness (QED) is 0.277. The van der Waals surface area contributed by atoms with Crippen molar-refractivity contribution in [1.82, 2.24) is 0 Å². The third-order valence-corrected chi connectivity index (χ3v) is 4.24. The van der Waals surface area contributed by atoms with Crippen LogP contribution < -0.4 is 0 Å². The topological polar surface area (TPSA) is 54.4 Å². The summed E-state index contributed by atoms with van der Waals surface area (Å²) in [4.78, 5) is 22.1. The number of hydrogen-bond donors (Lipinski definition) is 1. The van der Waals surface area contributed by atoms with Gasteiger partial charge >= 0.3 is 5.97 Å². The number of carbonyl (C=O) groups excluding carboxylic acids is 1. The van der Waals surface area contributed by atoms with E-state index in [1.165, 1.54) is 38.5 Å². The zero-order chi connectivity index (χ0) is 17.3. The number of ketones is 1. The summed E-state index contributed by atoms with van der Waals surface area (Å²) in [5, 5.41) is 8.57. The van der Waals surface area contributed by atoms with Gasteiger partial charge in [-0.3, -0.25) is 9.59 Å². The molecule has 0 saturated heterocycles. The van der Waals surface area contributed by atoms with Crippen LogP contribution in [0.25, 0.3) is 0 Å². The summed E-state index contributed by atoms with van der Waals surface area (Å²) in [7, 11) is 0. The van der Waals surface area contributed by atoms with E-state index in [2.05, 4.69) is 13.0 Å². The molecule has 0 radical (unpaired) electrons. The molecule has 0 rings (SSSR count). The molecule has 0 bridgehead atoms. The molecule has 0 atom stereocenters. The van der Waals surface area contributed by atoms with Crippen molar-refractivity contribution in [2.24, 2.45) is 0 Å². The number of rotatable bonds is 16. The molecule has 1 N–H and O–H groups in total. The first-order valence-corrected chi connectivity index (χ1v) is 9.49. The molecule has 0 aromatic rings. The summed E-state index contributed by atoms with van der Waals surface area (Å²) in [6, 6.07) is 0. The van der Waals surface area contributed by atoms with Gasteiger partial charge in [-0.25, -0.2) is 0 Å². The predicted octanol–water partition coefficient (Wildman–Crippen LogP) is 6.07. The average Bonchev–Trinajstić information content (AvgIpc) is 2.50. The molecule has 0 saturated carbocycles. The standard InChI is InChI=1S/C20H36O3/c1-3-4-5-6-7-9-12-15-19(18(2)21)16-13-10-8-11-14-17-20(22)23/h15H,3-14,16-17H2,1-2H3,(H,22,23)/b19-15+. The monoisotopic (exact) mass is 324 g/mol. The average molecular weight is 325 g/mol. The van der Waals surface area contributed by atoms with Crippen molar-refractivity contribution in [3.05, 3.63) is 11.6 Å². The Balaban J connectivity index is 3.70. The molecular formula is C20H36O3. The number of allylic oxidation sites excluding steroid dienone is 2. The molecule has 0 unspecified atom stereocenters. The molecule has 0 amide bonds. The first kappa shape index (κ1) is 21.9. The number of hydrogen-bond acceptors (Lipinski definition) is 2. The number of carboxylic acids is 1. The van der Waals surface area contributed by atoms with Gasteiger partial charge in [0.2, 0.25) is 0 Å². The van der Waals surface area contributed by atoms with E-state index >= 15 is 0 Å². The Bertz CT molecular complexity index is 345. The first-order valence-electron chi connectivity index (χ1n) is 9.49. The van der Waals surface area contributed by atoms with E-state index in [0.29, 0.717) is 0 Å². The van der Waals surface area contributed by atoms with E-state index < -0.39 is 5.97 Å². The van der Waals surface area contributed by atoms with Crippen molar-refractivity contribution in [2.45, 2.75) is 104 Å². The van der Waals surface area contributed by atoms with Crippen LogP contribution in [0.3, 0.4) is 0 Å². The summed E-state index contributed by atoms with van der Waals surface area (Å²) in [6.45, 7) is 3.90. The Kier molecular flexibility index (Phi) is 15.0. The van der Waals surface area contributed by atoms with E-state index in [0.717, 1.165) is 50.5 Å². The van der Waals surface area contributed by atoms with Crippen molar-refractivity contribution in [1.29, 1.82) is 0 Å². The van der Waals surface area contributed by atoms with E-state index in [9.17, 15) is 9.59 Å². The van der Waals surface area contributed by atoms with Gasteiger partial charge in [0.05, 0.1) is 0 Å². The highest BCUT2D eigenvalue weighted by atomic mass is 16.4. The molecule has 0 aliphatic carbocycles. The molecule has 0 fully saturated rings. The number of carbonyl (C=O) groups is 2. The number of carboxylic acid groups (broad SMARTS) is 1. The summed E-state index contributed by atoms with van der Waals surface area (Å²) in [5.41, 5.74) is 0.990. The van der Waals surface area contributed by atoms with Gasteiger partial charge in [-0.2, -0.15) is 0 Å². The maximum Gasteiger partial charge on any atom is 0.303 e. The molecule has 0 aliphatic heterocycles. The summed E-state index contributed by atoms with van der Waals surface area (Å²) >= 11 is 0. The lowest BCUT2D eigenvalue weighted by Crippen LogP contribution is -1.97. The molecule has 3 nitrogen and oxygen atoms in total. The van der Waals surface area contributed by atoms with Crippen LogP contribution in [0.4, 0.5) is 0 Å². The SMILES string of the molecule is CCCCCCCC/C=C(\CCCCCCCC(=O)O)C(C)=O. The van der Waals surface area contributed by atoms with Crippen LogP contribution in [0.5, 0.6) is 0 Å². The minimum atomic E-state index is -0.707. The molecule has 0 aromatic heterocycles. The van der Waals surface area contributed by atoms with E-state index in [1.807, 2.05) is 0 Å². The van der Waals surface area contributed by atoms with Gasteiger partial charge in [0, 0.05) is 6.42 Å². The third-order valence-electron chi connectivity index (χ3n) is 4.24. The second kappa shape index (κ2) is 15.8. The van der Waals surface area contributed by atoms with Gasteiger partial charge in [-0.1, -0.05) is 64.4 Å². The van der Waals surface area contributed by atoms with Gasteiger partial charge in [0.1, 0.15) is 0 Å². The molecule has 0 aliphatic rings. The molecule has 0 aromatic carbocycles. The highest BCUT2D eigenvalue weighted by Crippen LogP contribution is 2.15. The Morgan fingerprint density at radius 3 is 1.87 bits per heavy atom. The van der Waals surface area contributed by atoms with E-state index in [4.69, 9.17) is 5.11 Å². The molecule has 0 spiro atoms. The lowest BCUT2D eigenvalue weighted by atomic mass is 10.0. The normalized spacial score (nSPS) is 11.7. The van der Waals surface area contributed by atoms with Crippen molar-refractivity contribution >= 4 is 11.8 Å². The van der Waals surface area contributed by atoms with Crippen LogP contribution in [0.15, 0.2) is 11.6 Å². The fourth-order valence-corrected chi connectivity index (χ4v) is 2.74. The maximum absolute atomic E-state index is 11.7. The highest BCUT2D eigenvalue weighted by Gasteiger charge is 2.03. The Morgan fingerprint density at radius 1 is 0.783 bits per heavy atom. The van der Waals surface area contributed by atoms with Crippen LogP contribution in [-0.2, 0) is 9.59 Å². The Morgan fingerprint density at radius 2 is 1.30 bits per heavy atom. The maximum atomic E-state index is 11.7. The van der Waals surface area contributed by atoms with Crippen LogP contribution in [0.1, 0.15) is 104 Å². The van der Waals surface area contributed by atoms with Crippen LogP contribution in [0.2, 0.25) is 0 Å². The smallest absolute Gasteiger partial charge is 0.303 e. The van der Waals surface area contributed by atoms with Crippen molar-refractivity contribution in [3.8, 4) is 0 Å². The van der Waals surface area contributed by atoms with E-state index in [-0.39, 0.29) is 12.2 Å². The lowest BCUT2D eigenvalue weighted by Gasteiger charge is -2.05. The number of unbranched alkanes of at least 4 members (excludes halogenated alkanes) is 10. The number of aliphatic carboxylic acids is 1. The molecule has 3 heteroatoms. The fraction of sp³-hybridized carbons (Fsp3) is 0.800. The predicted molar refractivity (Wildman–Crippen MR) is 96.7 cm³/mol. The minimum absolute atomic E-state index is 0.210. The van der Waals surface area contributed by atoms with Gasteiger partial charge in [-0.05, 0) is 44.6 Å². The zero-order valence-electron chi connectivity index (χ0n) is 15.2. The number of Topliss-reactive ketones (excluding diaryl/α,β-unsaturated/α-hetero) is 1. The summed E-state index contributed by atoms with van der Waals surface area (Å²) in [5.74, 6) is -0.497. The molecule has 0 heterocycles. The van der Waals surface area contributed by atoms with Crippen LogP contribution in [-0.4, -0.2) is 16.9 Å². The van der Waals surface area contributed by atoms with Gasteiger partial charge in [0.25, 0.3) is 0 Å². The van der Waals surface area contributed by atoms with Crippen molar-refractivity contribution in [3.63, 3.8) is 0 Å². The summed E-state index contributed by atoms with van der Waals surface area (Å²) < 4.78 is 0. The van der Waals surface area contributed by atoms with Gasteiger partial charge < -0.3 is 5.11 Å². The minimum Gasteiger partial charge on any atom is -0.481 e. The van der Waals surface area contributed by atoms with Crippen LogP contribution in [0, 0.1) is 0 Å². The zero-order valence-corrected chi connectivity index (χ0v) is 15.2. The first-order chi connectivity index (χ1) is 11.1. The highest BCUT2D eigenvalue weighted by molar-refractivity contribution is 5.93. The van der Waals surface area contributed by atoms with Gasteiger partial charge in [-0.15, -0.1) is 0 Å². The van der Waals surface area contributed by atoms with Crippen molar-refractivity contribution < 1.29 is 14.7 Å². The van der Waals surface area contributed by atoms with Crippen molar-refractivity contribution in [2.75, 3.05) is 0 Å². The largest absolute Gasteiger partial charge is 0.481 e. The molecule has 23 heavy (non-hydrogen) atoms. The lowest BCUT2D eigenvalue weighted by molar-refractivity contribution is -0.137. The molecule has 134 valence electrons. The fourth-order valence-electron chi connectivity index (χ4n) is 2.74. The molecular weight excluding hydrogens is 288 g/mol. The van der Waals surface area contributed by atoms with E-state index in [1.54, 1.807) is 6.92 Å². The van der Waals surface area contributed by atoms with Crippen LogP contribution >= 0.6 is 0 Å². The third kappa shape index (κ3) is 15.5. The second-order valence-electron chi connectivity index (χ2n) is 6.50. The van der Waals surface area contributed by atoms with Gasteiger partial charge in [0.15, 0.2) is 5.78 Å². The Labute approximate surface area is 142 Å².